The Bertz CT molecular complexity index is 488. The molecule has 2 aromatic rings. The smallest absolute Gasteiger partial charge is 0.126 e. The number of aryl methyl sites for hydroxylation is 2. The van der Waals surface area contributed by atoms with Crippen LogP contribution >= 0.6 is 15.9 Å². The van der Waals surface area contributed by atoms with Crippen molar-refractivity contribution in [2.75, 3.05) is 0 Å². The van der Waals surface area contributed by atoms with Crippen LogP contribution in [0.2, 0.25) is 0 Å². The zero-order valence-corrected chi connectivity index (χ0v) is 11.5. The molecule has 0 radical (unpaired) electrons. The van der Waals surface area contributed by atoms with E-state index in [0.717, 1.165) is 34.7 Å². The lowest BCUT2D eigenvalue weighted by atomic mass is 10.1. The molecule has 0 fully saturated rings. The lowest BCUT2D eigenvalue weighted by Gasteiger charge is -2.03. The maximum atomic E-state index is 4.43. The quantitative estimate of drug-likeness (QED) is 0.816. The van der Waals surface area contributed by atoms with Crippen LogP contribution in [0.3, 0.4) is 0 Å². The van der Waals surface area contributed by atoms with Crippen molar-refractivity contribution < 1.29 is 0 Å². The maximum Gasteiger partial charge on any atom is 0.126 e. The lowest BCUT2D eigenvalue weighted by molar-refractivity contribution is 0.930. The van der Waals surface area contributed by atoms with Crippen LogP contribution in [-0.4, -0.2) is 15.0 Å². The van der Waals surface area contributed by atoms with Gasteiger partial charge in [-0.1, -0.05) is 13.0 Å². The summed E-state index contributed by atoms with van der Waals surface area (Å²) in [5.74, 6) is 0.777. The number of rotatable bonds is 3. The SMILES string of the molecule is CCc1ccc(Cc2cc(Br)nc(C)n2)nc1. The third-order valence-electron chi connectivity index (χ3n) is 2.52. The van der Waals surface area contributed by atoms with Gasteiger partial charge < -0.3 is 0 Å². The number of hydrogen-bond donors (Lipinski definition) is 0. The van der Waals surface area contributed by atoms with Crippen LogP contribution in [0.5, 0.6) is 0 Å². The van der Waals surface area contributed by atoms with E-state index in [2.05, 4.69) is 49.9 Å². The van der Waals surface area contributed by atoms with Crippen molar-refractivity contribution in [2.24, 2.45) is 0 Å². The molecule has 0 saturated carbocycles. The summed E-state index contributed by atoms with van der Waals surface area (Å²) < 4.78 is 0.824. The van der Waals surface area contributed by atoms with Gasteiger partial charge in [0.1, 0.15) is 10.4 Å². The van der Waals surface area contributed by atoms with Crippen LogP contribution in [0.15, 0.2) is 29.0 Å². The van der Waals surface area contributed by atoms with E-state index < -0.39 is 0 Å². The number of nitrogens with zero attached hydrogens (tertiary/aromatic N) is 3. The number of hydrogen-bond acceptors (Lipinski definition) is 3. The van der Waals surface area contributed by atoms with Crippen molar-refractivity contribution in [3.63, 3.8) is 0 Å². The van der Waals surface area contributed by atoms with Crippen LogP contribution < -0.4 is 0 Å². The third kappa shape index (κ3) is 3.33. The summed E-state index contributed by atoms with van der Waals surface area (Å²) in [7, 11) is 0. The second kappa shape index (κ2) is 5.36. The molecule has 0 saturated heterocycles. The van der Waals surface area contributed by atoms with E-state index in [1.165, 1.54) is 5.56 Å². The van der Waals surface area contributed by atoms with E-state index >= 15 is 0 Å². The van der Waals surface area contributed by atoms with E-state index in [-0.39, 0.29) is 0 Å². The lowest BCUT2D eigenvalue weighted by Crippen LogP contribution is -1.99. The second-order valence-electron chi connectivity index (χ2n) is 3.92. The Kier molecular flexibility index (Phi) is 3.84. The van der Waals surface area contributed by atoms with Crippen LogP contribution in [0, 0.1) is 6.92 Å². The molecule has 2 rings (SSSR count). The first-order valence-electron chi connectivity index (χ1n) is 5.61. The molecule has 0 aromatic carbocycles. The molecule has 0 aliphatic heterocycles. The van der Waals surface area contributed by atoms with Crippen molar-refractivity contribution in [2.45, 2.75) is 26.7 Å². The van der Waals surface area contributed by atoms with Crippen molar-refractivity contribution in [3.05, 3.63) is 51.8 Å². The minimum Gasteiger partial charge on any atom is -0.261 e. The highest BCUT2D eigenvalue weighted by atomic mass is 79.9. The topological polar surface area (TPSA) is 38.7 Å². The Morgan fingerprint density at radius 2 is 2.00 bits per heavy atom. The van der Waals surface area contributed by atoms with E-state index in [1.54, 1.807) is 0 Å². The number of aromatic nitrogens is 3. The summed E-state index contributed by atoms with van der Waals surface area (Å²) in [6, 6.07) is 6.11. The molecule has 0 atom stereocenters. The molecule has 17 heavy (non-hydrogen) atoms. The van der Waals surface area contributed by atoms with Crippen LogP contribution in [0.4, 0.5) is 0 Å². The van der Waals surface area contributed by atoms with Crippen molar-refractivity contribution in [3.8, 4) is 0 Å². The molecule has 0 amide bonds. The fraction of sp³-hybridized carbons (Fsp3) is 0.308. The Labute approximate surface area is 109 Å². The molecule has 2 aromatic heterocycles. The summed E-state index contributed by atoms with van der Waals surface area (Å²) in [5.41, 5.74) is 3.28. The van der Waals surface area contributed by atoms with E-state index in [1.807, 2.05) is 19.2 Å². The van der Waals surface area contributed by atoms with Gasteiger partial charge in [-0.2, -0.15) is 0 Å². The molecule has 0 bridgehead atoms. The van der Waals surface area contributed by atoms with Gasteiger partial charge in [0.15, 0.2) is 0 Å². The van der Waals surface area contributed by atoms with Crippen molar-refractivity contribution in [1.82, 2.24) is 15.0 Å². The molecule has 3 nitrogen and oxygen atoms in total. The van der Waals surface area contributed by atoms with Gasteiger partial charge in [0.25, 0.3) is 0 Å². The highest BCUT2D eigenvalue weighted by Crippen LogP contribution is 2.11. The molecule has 0 N–H and O–H groups in total. The second-order valence-corrected chi connectivity index (χ2v) is 4.73. The van der Waals surface area contributed by atoms with Gasteiger partial charge in [-0.05, 0) is 47.0 Å². The minimum absolute atomic E-state index is 0.742. The third-order valence-corrected chi connectivity index (χ3v) is 2.92. The first-order valence-corrected chi connectivity index (χ1v) is 6.40. The molecule has 88 valence electrons. The van der Waals surface area contributed by atoms with E-state index in [0.29, 0.717) is 0 Å². The average Bonchev–Trinajstić information content (AvgIpc) is 2.28. The Morgan fingerprint density at radius 3 is 2.59 bits per heavy atom. The molecule has 2 heterocycles. The fourth-order valence-electron chi connectivity index (χ4n) is 1.63. The predicted molar refractivity (Wildman–Crippen MR) is 70.9 cm³/mol. The highest BCUT2D eigenvalue weighted by molar-refractivity contribution is 9.10. The van der Waals surface area contributed by atoms with Crippen LogP contribution in [-0.2, 0) is 12.8 Å². The molecule has 0 spiro atoms. The zero-order chi connectivity index (χ0) is 12.3. The molecular weight excluding hydrogens is 278 g/mol. The summed E-state index contributed by atoms with van der Waals surface area (Å²) in [6.45, 7) is 4.02. The highest BCUT2D eigenvalue weighted by Gasteiger charge is 2.02. The predicted octanol–water partition coefficient (Wildman–Crippen LogP) is 3.10. The Hall–Kier alpha value is -1.29. The first kappa shape index (κ1) is 12.2. The normalized spacial score (nSPS) is 10.5. The largest absolute Gasteiger partial charge is 0.261 e. The molecular formula is C13H14BrN3. The molecule has 4 heteroatoms. The van der Waals surface area contributed by atoms with Gasteiger partial charge in [-0.25, -0.2) is 9.97 Å². The maximum absolute atomic E-state index is 4.43. The van der Waals surface area contributed by atoms with Gasteiger partial charge in [-0.3, -0.25) is 4.98 Å². The molecule has 0 unspecified atom stereocenters. The minimum atomic E-state index is 0.742. The monoisotopic (exact) mass is 291 g/mol. The van der Waals surface area contributed by atoms with E-state index in [4.69, 9.17) is 0 Å². The molecule has 0 aliphatic carbocycles. The molecule has 0 aliphatic rings. The number of pyridine rings is 1. The summed E-state index contributed by atoms with van der Waals surface area (Å²) in [4.78, 5) is 13.0. The fourth-order valence-corrected chi connectivity index (χ4v) is 2.16. The van der Waals surface area contributed by atoms with Crippen molar-refractivity contribution >= 4 is 15.9 Å². The van der Waals surface area contributed by atoms with Gasteiger partial charge in [0.2, 0.25) is 0 Å². The van der Waals surface area contributed by atoms with Crippen molar-refractivity contribution in [1.29, 1.82) is 0 Å². The zero-order valence-electron chi connectivity index (χ0n) is 9.94. The summed E-state index contributed by atoms with van der Waals surface area (Å²) in [5, 5.41) is 0. The van der Waals surface area contributed by atoms with Gasteiger partial charge >= 0.3 is 0 Å². The van der Waals surface area contributed by atoms with Crippen LogP contribution in [0.25, 0.3) is 0 Å². The standard InChI is InChI=1S/C13H14BrN3/c1-3-10-4-5-11(15-8-10)6-12-7-13(14)17-9(2)16-12/h4-5,7-8H,3,6H2,1-2H3. The summed E-state index contributed by atoms with van der Waals surface area (Å²) >= 11 is 3.38. The average molecular weight is 292 g/mol. The van der Waals surface area contributed by atoms with Crippen LogP contribution in [0.1, 0.15) is 29.7 Å². The first-order chi connectivity index (χ1) is 8.17. The van der Waals surface area contributed by atoms with Gasteiger partial charge in [-0.15, -0.1) is 0 Å². The Balaban J connectivity index is 2.19. The number of halogens is 1. The van der Waals surface area contributed by atoms with E-state index in [9.17, 15) is 0 Å². The van der Waals surface area contributed by atoms with Gasteiger partial charge in [0.05, 0.1) is 5.69 Å². The van der Waals surface area contributed by atoms with Gasteiger partial charge in [0, 0.05) is 18.3 Å². The Morgan fingerprint density at radius 1 is 1.18 bits per heavy atom. The summed E-state index contributed by atoms with van der Waals surface area (Å²) in [6.07, 6.45) is 3.69.